The summed E-state index contributed by atoms with van der Waals surface area (Å²) in [4.78, 5) is 37.6. The van der Waals surface area contributed by atoms with E-state index in [0.29, 0.717) is 17.4 Å². The molecule has 0 aliphatic carbocycles. The first-order valence-corrected chi connectivity index (χ1v) is 40.8. The largest absolute Gasteiger partial charge is 0.545 e. The van der Waals surface area contributed by atoms with E-state index in [1.807, 2.05) is 21.1 Å². The summed E-state index contributed by atoms with van der Waals surface area (Å²) in [6, 6.07) is 0. The fourth-order valence-electron chi connectivity index (χ4n) is 11.5. The van der Waals surface area contributed by atoms with Gasteiger partial charge in [0, 0.05) is 12.8 Å². The number of esters is 2. The van der Waals surface area contributed by atoms with E-state index in [2.05, 4.69) is 148 Å². The average molecular weight is 1370 g/mol. The number of unbranched alkanes of at least 4 members (excludes halogenated alkanes) is 38. The van der Waals surface area contributed by atoms with Gasteiger partial charge in [-0.05, 0) is 96.3 Å². The van der Waals surface area contributed by atoms with Crippen molar-refractivity contribution in [3.05, 3.63) is 134 Å². The molecular formula is C89H153NO8. The highest BCUT2D eigenvalue weighted by molar-refractivity contribution is 5.70. The molecule has 0 N–H and O–H groups in total. The summed E-state index contributed by atoms with van der Waals surface area (Å²) in [7, 11) is 5.92. The summed E-state index contributed by atoms with van der Waals surface area (Å²) < 4.78 is 22.8. The maximum absolute atomic E-state index is 13.0. The molecule has 0 radical (unpaired) electrons. The van der Waals surface area contributed by atoms with Crippen LogP contribution < -0.4 is 5.11 Å². The Balaban J connectivity index is 4.11. The van der Waals surface area contributed by atoms with Gasteiger partial charge >= 0.3 is 11.9 Å². The number of hydrogen-bond acceptors (Lipinski definition) is 8. The van der Waals surface area contributed by atoms with Gasteiger partial charge in [-0.1, -0.05) is 379 Å². The Morgan fingerprint density at radius 1 is 0.316 bits per heavy atom. The van der Waals surface area contributed by atoms with Gasteiger partial charge in [-0.15, -0.1) is 0 Å². The topological polar surface area (TPSA) is 111 Å². The van der Waals surface area contributed by atoms with E-state index < -0.39 is 24.3 Å². The minimum atomic E-state index is -1.64. The molecule has 0 aliphatic heterocycles. The molecular weight excluding hydrogens is 1210 g/mol. The smallest absolute Gasteiger partial charge is 0.306 e. The van der Waals surface area contributed by atoms with Gasteiger partial charge < -0.3 is 33.3 Å². The Kier molecular flexibility index (Phi) is 74.5. The highest BCUT2D eigenvalue weighted by atomic mass is 16.7. The molecule has 98 heavy (non-hydrogen) atoms. The third-order valence-corrected chi connectivity index (χ3v) is 17.7. The molecule has 0 aromatic rings. The van der Waals surface area contributed by atoms with Gasteiger partial charge in [0.1, 0.15) is 13.2 Å². The van der Waals surface area contributed by atoms with Crippen LogP contribution in [0.1, 0.15) is 354 Å². The highest BCUT2D eigenvalue weighted by Crippen LogP contribution is 2.19. The Bertz CT molecular complexity index is 2080. The lowest BCUT2D eigenvalue weighted by Gasteiger charge is -2.26. The number of carboxylic acids is 1. The Morgan fingerprint density at radius 3 is 0.867 bits per heavy atom. The van der Waals surface area contributed by atoms with Crippen molar-refractivity contribution >= 4 is 17.9 Å². The van der Waals surface area contributed by atoms with Gasteiger partial charge in [0.2, 0.25) is 0 Å². The average Bonchev–Trinajstić information content (AvgIpc) is 1.26. The summed E-state index contributed by atoms with van der Waals surface area (Å²) in [5.41, 5.74) is 0. The fourth-order valence-corrected chi connectivity index (χ4v) is 11.5. The van der Waals surface area contributed by atoms with E-state index >= 15 is 0 Å². The third kappa shape index (κ3) is 78.8. The minimum Gasteiger partial charge on any atom is -0.545 e. The van der Waals surface area contributed by atoms with Gasteiger partial charge in [-0.25, -0.2) is 0 Å². The predicted molar refractivity (Wildman–Crippen MR) is 421 cm³/mol. The SMILES string of the molecule is CC/C=C\C/C=C\C/C=C\C/C=C\C/C=C\C/C=C\C/C=C\C/C=C\C/C=C\C/C=C\C/C=C\CCCCCC(=O)OC(COC(=O)CCCCCCCCCCCCCCCCCCCCCCCCCCCCCCCCCCCCCC)COC(OCC[N+](C)(C)C)C(=O)[O-]. The second-order valence-electron chi connectivity index (χ2n) is 28.3. The van der Waals surface area contributed by atoms with Crippen LogP contribution in [-0.2, 0) is 33.3 Å². The van der Waals surface area contributed by atoms with Crippen LogP contribution >= 0.6 is 0 Å². The third-order valence-electron chi connectivity index (χ3n) is 17.7. The Hall–Kier alpha value is -4.57. The van der Waals surface area contributed by atoms with Gasteiger partial charge in [-0.2, -0.15) is 0 Å². The molecule has 9 heteroatoms. The second-order valence-corrected chi connectivity index (χ2v) is 28.3. The molecule has 0 saturated carbocycles. The second kappa shape index (κ2) is 78.2. The van der Waals surface area contributed by atoms with Gasteiger partial charge in [0.15, 0.2) is 12.4 Å². The van der Waals surface area contributed by atoms with Crippen molar-refractivity contribution in [1.82, 2.24) is 0 Å². The Morgan fingerprint density at radius 2 is 0.582 bits per heavy atom. The molecule has 0 aliphatic rings. The van der Waals surface area contributed by atoms with E-state index in [-0.39, 0.29) is 38.6 Å². The molecule has 0 spiro atoms. The molecule has 562 valence electrons. The number of carbonyl (C=O) groups is 3. The van der Waals surface area contributed by atoms with Crippen molar-refractivity contribution in [1.29, 1.82) is 0 Å². The van der Waals surface area contributed by atoms with Gasteiger partial charge in [0.05, 0.1) is 40.3 Å². The number of ether oxygens (including phenoxy) is 4. The summed E-state index contributed by atoms with van der Waals surface area (Å²) in [6.45, 7) is 4.63. The van der Waals surface area contributed by atoms with E-state index in [1.54, 1.807) is 0 Å². The van der Waals surface area contributed by atoms with Crippen molar-refractivity contribution in [3.63, 3.8) is 0 Å². The van der Waals surface area contributed by atoms with Crippen LogP contribution in [0.4, 0.5) is 0 Å². The highest BCUT2D eigenvalue weighted by Gasteiger charge is 2.22. The number of quaternary nitrogens is 1. The van der Waals surface area contributed by atoms with Gasteiger partial charge in [0.25, 0.3) is 0 Å². The van der Waals surface area contributed by atoms with Crippen molar-refractivity contribution in [2.45, 2.75) is 367 Å². The molecule has 0 saturated heterocycles. The maximum Gasteiger partial charge on any atom is 0.306 e. The monoisotopic (exact) mass is 1360 g/mol. The van der Waals surface area contributed by atoms with E-state index in [1.165, 1.54) is 212 Å². The molecule has 0 aromatic heterocycles. The minimum absolute atomic E-state index is 0.136. The number of allylic oxidation sites excluding steroid dienone is 22. The van der Waals surface area contributed by atoms with Crippen LogP contribution in [0.3, 0.4) is 0 Å². The van der Waals surface area contributed by atoms with E-state index in [0.717, 1.165) is 109 Å². The van der Waals surface area contributed by atoms with E-state index in [4.69, 9.17) is 18.9 Å². The molecule has 0 aromatic carbocycles. The molecule has 0 fully saturated rings. The molecule has 2 atom stereocenters. The van der Waals surface area contributed by atoms with Crippen LogP contribution in [0.25, 0.3) is 0 Å². The normalized spacial score (nSPS) is 13.4. The van der Waals surface area contributed by atoms with Crippen LogP contribution in [0.2, 0.25) is 0 Å². The molecule has 0 heterocycles. The molecule has 2 unspecified atom stereocenters. The van der Waals surface area contributed by atoms with Gasteiger partial charge in [-0.3, -0.25) is 9.59 Å². The van der Waals surface area contributed by atoms with Crippen LogP contribution in [0.5, 0.6) is 0 Å². The number of carboxylic acid groups (broad SMARTS) is 1. The standard InChI is InChI=1S/C89H153NO8/c1-6-8-10-12-14-16-18-20-22-24-26-28-30-32-34-36-38-40-42-44-46-48-50-52-54-56-58-60-62-64-66-68-70-72-74-76-78-80-87(92)98-85(84-97-89(88(93)94)95-82-81-90(3,4)5)83-96-86(91)79-77-75-73-71-69-67-65-63-61-59-57-55-53-51-49-47-45-43-41-39-37-35-33-31-29-27-25-23-21-19-17-15-13-11-9-7-2/h8,10,14,16,20,22,26,28,32,34,38,40,44,46,50,52,56,58,62,64,68,70,85,89H,6-7,9,11-13,15,17-19,21,23-25,27,29-31,33,35-37,39,41-43,45,47-49,51,53-55,57,59-61,63,65-67,69,71-84H2,1-5H3/b10-8-,16-14-,22-20-,28-26-,34-32-,40-38-,46-44-,52-50-,58-56-,64-62-,70-68-. The quantitative estimate of drug-likeness (QED) is 0.0195. The zero-order chi connectivity index (χ0) is 71.1. The number of rotatable bonds is 75. The van der Waals surface area contributed by atoms with Crippen molar-refractivity contribution in [3.8, 4) is 0 Å². The zero-order valence-corrected chi connectivity index (χ0v) is 64.4. The summed E-state index contributed by atoms with van der Waals surface area (Å²) in [5.74, 6) is -2.32. The van der Waals surface area contributed by atoms with E-state index in [9.17, 15) is 19.5 Å². The molecule has 0 amide bonds. The van der Waals surface area contributed by atoms with Crippen molar-refractivity contribution in [2.24, 2.45) is 0 Å². The number of hydrogen-bond donors (Lipinski definition) is 0. The zero-order valence-electron chi connectivity index (χ0n) is 64.4. The fraction of sp³-hybridized carbons (Fsp3) is 0.719. The predicted octanol–water partition coefficient (Wildman–Crippen LogP) is 25.1. The lowest BCUT2D eigenvalue weighted by molar-refractivity contribution is -0.870. The maximum atomic E-state index is 13.0. The lowest BCUT2D eigenvalue weighted by Crippen LogP contribution is -2.44. The summed E-state index contributed by atoms with van der Waals surface area (Å²) in [6.07, 6.45) is 110. The Labute approximate surface area is 605 Å². The van der Waals surface area contributed by atoms with Crippen LogP contribution in [-0.4, -0.2) is 82.3 Å². The number of carbonyl (C=O) groups excluding carboxylic acids is 3. The molecule has 9 nitrogen and oxygen atoms in total. The summed E-state index contributed by atoms with van der Waals surface area (Å²) >= 11 is 0. The van der Waals surface area contributed by atoms with Crippen LogP contribution in [0, 0.1) is 0 Å². The number of aliphatic carboxylic acids is 1. The van der Waals surface area contributed by atoms with Crippen molar-refractivity contribution < 1.29 is 42.9 Å². The van der Waals surface area contributed by atoms with Crippen molar-refractivity contribution in [2.75, 3.05) is 47.5 Å². The lowest BCUT2D eigenvalue weighted by atomic mass is 10.0. The first-order chi connectivity index (χ1) is 48.1. The molecule has 0 bridgehead atoms. The number of nitrogens with zero attached hydrogens (tertiary/aromatic N) is 1. The van der Waals surface area contributed by atoms with Crippen LogP contribution in [0.15, 0.2) is 134 Å². The first-order valence-electron chi connectivity index (χ1n) is 40.8. The summed E-state index contributed by atoms with van der Waals surface area (Å²) in [5, 5.41) is 11.9. The number of likely N-dealkylation sites (N-methyl/N-ethyl adjacent to an activating group) is 1. The first kappa shape index (κ1) is 93.4. The molecule has 0 rings (SSSR count).